The van der Waals surface area contributed by atoms with Crippen molar-refractivity contribution < 1.29 is 4.79 Å². The van der Waals surface area contributed by atoms with Crippen molar-refractivity contribution in [2.45, 2.75) is 0 Å². The summed E-state index contributed by atoms with van der Waals surface area (Å²) in [6.07, 6.45) is 1.46. The lowest BCUT2D eigenvalue weighted by atomic mass is 10.2. The SMILES string of the molecule is O=C(Nc1nc(Cl)c2[nH]cnc2n1)c1cccc(Br)c1. The maximum absolute atomic E-state index is 12.1. The Balaban J connectivity index is 1.91. The van der Waals surface area contributed by atoms with Crippen LogP contribution in [0.25, 0.3) is 11.2 Å². The molecule has 0 atom stereocenters. The van der Waals surface area contributed by atoms with E-state index in [1.807, 2.05) is 6.07 Å². The van der Waals surface area contributed by atoms with Crippen LogP contribution in [-0.4, -0.2) is 25.8 Å². The van der Waals surface area contributed by atoms with E-state index in [1.54, 1.807) is 18.2 Å². The third kappa shape index (κ3) is 2.50. The van der Waals surface area contributed by atoms with Gasteiger partial charge in [-0.05, 0) is 18.2 Å². The molecule has 1 amide bonds. The highest BCUT2D eigenvalue weighted by Crippen LogP contribution is 2.19. The maximum atomic E-state index is 12.1. The number of carbonyl (C=O) groups is 1. The van der Waals surface area contributed by atoms with Crippen molar-refractivity contribution in [3.8, 4) is 0 Å². The first-order valence-electron chi connectivity index (χ1n) is 5.57. The zero-order chi connectivity index (χ0) is 14.1. The van der Waals surface area contributed by atoms with E-state index in [1.165, 1.54) is 6.33 Å². The van der Waals surface area contributed by atoms with E-state index in [4.69, 9.17) is 11.6 Å². The summed E-state index contributed by atoms with van der Waals surface area (Å²) in [5, 5.41) is 2.79. The number of nitrogens with zero attached hydrogens (tertiary/aromatic N) is 3. The van der Waals surface area contributed by atoms with Gasteiger partial charge in [-0.25, -0.2) is 4.98 Å². The summed E-state index contributed by atoms with van der Waals surface area (Å²) >= 11 is 9.29. The van der Waals surface area contributed by atoms with Crippen LogP contribution < -0.4 is 5.32 Å². The van der Waals surface area contributed by atoms with Gasteiger partial charge in [-0.3, -0.25) is 10.1 Å². The maximum Gasteiger partial charge on any atom is 0.258 e. The Labute approximate surface area is 126 Å². The van der Waals surface area contributed by atoms with Gasteiger partial charge in [0.15, 0.2) is 10.8 Å². The van der Waals surface area contributed by atoms with Crippen LogP contribution in [0.3, 0.4) is 0 Å². The van der Waals surface area contributed by atoms with E-state index >= 15 is 0 Å². The second kappa shape index (κ2) is 5.18. The molecule has 0 aliphatic heterocycles. The Bertz CT molecular complexity index is 803. The molecule has 20 heavy (non-hydrogen) atoms. The van der Waals surface area contributed by atoms with E-state index in [-0.39, 0.29) is 17.0 Å². The number of amides is 1. The number of H-pyrrole nitrogens is 1. The van der Waals surface area contributed by atoms with Crippen molar-refractivity contribution >= 4 is 50.6 Å². The molecule has 0 spiro atoms. The monoisotopic (exact) mass is 351 g/mol. The van der Waals surface area contributed by atoms with Crippen LogP contribution in [0.2, 0.25) is 5.15 Å². The van der Waals surface area contributed by atoms with Crippen LogP contribution in [0.1, 0.15) is 10.4 Å². The number of benzene rings is 1. The van der Waals surface area contributed by atoms with Gasteiger partial charge in [-0.1, -0.05) is 33.6 Å². The smallest absolute Gasteiger partial charge is 0.258 e. The number of hydrogen-bond acceptors (Lipinski definition) is 4. The first-order chi connectivity index (χ1) is 9.63. The van der Waals surface area contributed by atoms with Gasteiger partial charge in [0.05, 0.1) is 6.33 Å². The van der Waals surface area contributed by atoms with Gasteiger partial charge in [0.2, 0.25) is 5.95 Å². The van der Waals surface area contributed by atoms with Gasteiger partial charge in [-0.2, -0.15) is 9.97 Å². The molecule has 3 aromatic rings. The number of rotatable bonds is 2. The first kappa shape index (κ1) is 13.0. The summed E-state index contributed by atoms with van der Waals surface area (Å²) in [6, 6.07) is 6.99. The number of nitrogens with one attached hydrogen (secondary N) is 2. The highest BCUT2D eigenvalue weighted by atomic mass is 79.9. The lowest BCUT2D eigenvalue weighted by Gasteiger charge is -2.04. The van der Waals surface area contributed by atoms with Gasteiger partial charge < -0.3 is 4.98 Å². The number of halogens is 2. The lowest BCUT2D eigenvalue weighted by molar-refractivity contribution is 0.102. The number of imidazole rings is 1. The molecule has 0 aliphatic rings. The molecule has 0 radical (unpaired) electrons. The molecule has 0 saturated heterocycles. The Morgan fingerprint density at radius 2 is 2.20 bits per heavy atom. The molecule has 6 nitrogen and oxygen atoms in total. The number of aromatic amines is 1. The van der Waals surface area contributed by atoms with Gasteiger partial charge in [-0.15, -0.1) is 0 Å². The fourth-order valence-corrected chi connectivity index (χ4v) is 2.28. The van der Waals surface area contributed by atoms with Gasteiger partial charge in [0, 0.05) is 10.0 Å². The fourth-order valence-electron chi connectivity index (χ4n) is 1.66. The summed E-state index contributed by atoms with van der Waals surface area (Å²) in [5.41, 5.74) is 1.42. The van der Waals surface area contributed by atoms with Gasteiger partial charge in [0.25, 0.3) is 5.91 Å². The molecule has 2 N–H and O–H groups in total. The van der Waals surface area contributed by atoms with Crippen LogP contribution in [0.5, 0.6) is 0 Å². The lowest BCUT2D eigenvalue weighted by Crippen LogP contribution is -2.14. The first-order valence-corrected chi connectivity index (χ1v) is 6.74. The van der Waals surface area contributed by atoms with Crippen LogP contribution in [0.4, 0.5) is 5.95 Å². The van der Waals surface area contributed by atoms with Crippen LogP contribution >= 0.6 is 27.5 Å². The summed E-state index contributed by atoms with van der Waals surface area (Å²) in [6.45, 7) is 0. The molecular formula is C12H7BrClN5O. The summed E-state index contributed by atoms with van der Waals surface area (Å²) in [5.74, 6) is -0.211. The molecule has 0 fully saturated rings. The van der Waals surface area contributed by atoms with Crippen molar-refractivity contribution in [2.75, 3.05) is 5.32 Å². The molecule has 0 saturated carbocycles. The van der Waals surface area contributed by atoms with E-state index in [2.05, 4.69) is 41.2 Å². The topological polar surface area (TPSA) is 83.6 Å². The Morgan fingerprint density at radius 1 is 1.35 bits per heavy atom. The second-order valence-electron chi connectivity index (χ2n) is 3.90. The van der Waals surface area contributed by atoms with E-state index < -0.39 is 0 Å². The molecule has 2 heterocycles. The highest BCUT2D eigenvalue weighted by molar-refractivity contribution is 9.10. The minimum atomic E-state index is -0.322. The van der Waals surface area contributed by atoms with Gasteiger partial charge in [0.1, 0.15) is 5.52 Å². The zero-order valence-corrected chi connectivity index (χ0v) is 12.2. The highest BCUT2D eigenvalue weighted by Gasteiger charge is 2.12. The molecule has 0 aliphatic carbocycles. The fraction of sp³-hybridized carbons (Fsp3) is 0. The third-order valence-corrected chi connectivity index (χ3v) is 3.32. The van der Waals surface area contributed by atoms with Crippen molar-refractivity contribution in [1.29, 1.82) is 0 Å². The normalized spacial score (nSPS) is 10.7. The van der Waals surface area contributed by atoms with Crippen LogP contribution in [0, 0.1) is 0 Å². The minimum Gasteiger partial charge on any atom is -0.341 e. The van der Waals surface area contributed by atoms with Crippen LogP contribution in [0.15, 0.2) is 35.1 Å². The number of anilines is 1. The van der Waals surface area contributed by atoms with E-state index in [0.29, 0.717) is 16.7 Å². The molecule has 0 bridgehead atoms. The molecule has 3 rings (SSSR count). The minimum absolute atomic E-state index is 0.111. The molecule has 100 valence electrons. The van der Waals surface area contributed by atoms with E-state index in [0.717, 1.165) is 4.47 Å². The van der Waals surface area contributed by atoms with Crippen molar-refractivity contribution in [1.82, 2.24) is 19.9 Å². The molecule has 2 aromatic heterocycles. The molecule has 8 heteroatoms. The summed E-state index contributed by atoms with van der Waals surface area (Å²) in [4.78, 5) is 27.0. The second-order valence-corrected chi connectivity index (χ2v) is 5.18. The quantitative estimate of drug-likeness (QED) is 0.694. The zero-order valence-electron chi connectivity index (χ0n) is 9.89. The molecule has 0 unspecified atom stereocenters. The summed E-state index contributed by atoms with van der Waals surface area (Å²) < 4.78 is 0.812. The molecule has 1 aromatic carbocycles. The molecular weight excluding hydrogens is 346 g/mol. The Morgan fingerprint density at radius 3 is 3.00 bits per heavy atom. The van der Waals surface area contributed by atoms with Crippen molar-refractivity contribution in [2.24, 2.45) is 0 Å². The van der Waals surface area contributed by atoms with Crippen molar-refractivity contribution in [3.05, 3.63) is 45.8 Å². The van der Waals surface area contributed by atoms with Gasteiger partial charge >= 0.3 is 0 Å². The number of aromatic nitrogens is 4. The Kier molecular flexibility index (Phi) is 3.37. The van der Waals surface area contributed by atoms with E-state index in [9.17, 15) is 4.79 Å². The largest absolute Gasteiger partial charge is 0.341 e. The summed E-state index contributed by atoms with van der Waals surface area (Å²) in [7, 11) is 0. The average molecular weight is 353 g/mol. The van der Waals surface area contributed by atoms with Crippen LogP contribution in [-0.2, 0) is 0 Å². The predicted molar refractivity (Wildman–Crippen MR) is 78.8 cm³/mol. The van der Waals surface area contributed by atoms with Crippen molar-refractivity contribution in [3.63, 3.8) is 0 Å². The third-order valence-electron chi connectivity index (χ3n) is 2.55. The number of fused-ring (bicyclic) bond motifs is 1. The Hall–Kier alpha value is -1.99. The standard InChI is InChI=1S/C12H7BrClN5O/c13-7-3-1-2-6(4-7)11(20)19-12-17-9(14)8-10(18-12)16-5-15-8/h1-5H,(H2,15,16,17,18,19,20). The number of hydrogen-bond donors (Lipinski definition) is 2. The predicted octanol–water partition coefficient (Wildman–Crippen LogP) is 3.02. The number of carbonyl (C=O) groups excluding carboxylic acids is 1. The average Bonchev–Trinajstić information content (AvgIpc) is 2.87.